The first-order valence-corrected chi connectivity index (χ1v) is 13.3. The SMILES string of the molecule is O=C1S/C(=C/c2c(OCc3ccc(Br)cc3)ccc3ccccc23)C(=O)N1CC1CCCCC1. The molecule has 0 radical (unpaired) electrons. The Morgan fingerprint density at radius 2 is 1.74 bits per heavy atom. The van der Waals surface area contributed by atoms with Crippen LogP contribution in [0.15, 0.2) is 70.0 Å². The molecule has 4 nitrogen and oxygen atoms in total. The zero-order chi connectivity index (χ0) is 23.5. The average molecular weight is 536 g/mol. The van der Waals surface area contributed by atoms with Crippen LogP contribution in [0.25, 0.3) is 16.8 Å². The molecule has 34 heavy (non-hydrogen) atoms. The predicted octanol–water partition coefficient (Wildman–Crippen LogP) is 7.80. The second-order valence-corrected chi connectivity index (χ2v) is 10.8. The monoisotopic (exact) mass is 535 g/mol. The normalized spacial score (nSPS) is 18.3. The number of amides is 2. The van der Waals surface area contributed by atoms with E-state index in [0.29, 0.717) is 29.7 Å². The molecule has 2 aliphatic rings. The molecule has 174 valence electrons. The van der Waals surface area contributed by atoms with Gasteiger partial charge in [0.1, 0.15) is 12.4 Å². The van der Waals surface area contributed by atoms with Crippen LogP contribution in [-0.4, -0.2) is 22.6 Å². The Morgan fingerprint density at radius 3 is 2.53 bits per heavy atom. The molecule has 3 aromatic rings. The van der Waals surface area contributed by atoms with E-state index in [0.717, 1.165) is 51.0 Å². The van der Waals surface area contributed by atoms with Crippen molar-refractivity contribution in [3.8, 4) is 5.75 Å². The van der Waals surface area contributed by atoms with Crippen molar-refractivity contribution in [2.75, 3.05) is 6.54 Å². The molecule has 0 spiro atoms. The van der Waals surface area contributed by atoms with E-state index >= 15 is 0 Å². The molecular formula is C28H26BrNO3S. The molecular weight excluding hydrogens is 510 g/mol. The topological polar surface area (TPSA) is 46.6 Å². The van der Waals surface area contributed by atoms with Crippen molar-refractivity contribution in [1.29, 1.82) is 0 Å². The van der Waals surface area contributed by atoms with Gasteiger partial charge in [-0.3, -0.25) is 14.5 Å². The van der Waals surface area contributed by atoms with Gasteiger partial charge in [0.15, 0.2) is 0 Å². The summed E-state index contributed by atoms with van der Waals surface area (Å²) in [6, 6.07) is 20.0. The van der Waals surface area contributed by atoms with Crippen LogP contribution >= 0.6 is 27.7 Å². The number of benzene rings is 3. The van der Waals surface area contributed by atoms with Gasteiger partial charge in [0.2, 0.25) is 0 Å². The van der Waals surface area contributed by atoms with Crippen LogP contribution in [-0.2, 0) is 11.4 Å². The molecule has 1 saturated heterocycles. The van der Waals surface area contributed by atoms with Crippen molar-refractivity contribution >= 4 is 55.7 Å². The molecule has 0 aromatic heterocycles. The number of halogens is 1. The minimum atomic E-state index is -0.188. The van der Waals surface area contributed by atoms with Crippen LogP contribution in [0.4, 0.5) is 4.79 Å². The number of fused-ring (bicyclic) bond motifs is 1. The minimum Gasteiger partial charge on any atom is -0.488 e. The molecule has 3 aromatic carbocycles. The van der Waals surface area contributed by atoms with Gasteiger partial charge in [-0.2, -0.15) is 0 Å². The lowest BCUT2D eigenvalue weighted by Crippen LogP contribution is -2.34. The van der Waals surface area contributed by atoms with Crippen LogP contribution in [0.1, 0.15) is 43.2 Å². The fraction of sp³-hybridized carbons (Fsp3) is 0.286. The second kappa shape index (κ2) is 10.4. The number of carbonyl (C=O) groups is 2. The Hall–Kier alpha value is -2.57. The summed E-state index contributed by atoms with van der Waals surface area (Å²) < 4.78 is 7.23. The first kappa shape index (κ1) is 23.2. The standard InChI is InChI=1S/C28H26BrNO3S/c29-22-13-10-20(11-14-22)18-33-25-15-12-21-8-4-5-9-23(21)24(25)16-26-27(31)30(28(32)34-26)17-19-6-2-1-3-7-19/h4-5,8-16,19H,1-3,6-7,17-18H2/b26-16+. The van der Waals surface area contributed by atoms with E-state index in [1.165, 1.54) is 24.2 Å². The lowest BCUT2D eigenvalue weighted by molar-refractivity contribution is -0.123. The number of hydrogen-bond donors (Lipinski definition) is 0. The molecule has 1 heterocycles. The molecule has 1 aliphatic heterocycles. The number of ether oxygens (including phenoxy) is 1. The lowest BCUT2D eigenvalue weighted by atomic mass is 9.89. The van der Waals surface area contributed by atoms with Crippen molar-refractivity contribution < 1.29 is 14.3 Å². The summed E-state index contributed by atoms with van der Waals surface area (Å²) in [5, 5.41) is 1.89. The predicted molar refractivity (Wildman–Crippen MR) is 142 cm³/mol. The van der Waals surface area contributed by atoms with Crippen molar-refractivity contribution in [2.45, 2.75) is 38.7 Å². The van der Waals surface area contributed by atoms with Gasteiger partial charge in [-0.15, -0.1) is 0 Å². The highest BCUT2D eigenvalue weighted by atomic mass is 79.9. The van der Waals surface area contributed by atoms with E-state index < -0.39 is 0 Å². The summed E-state index contributed by atoms with van der Waals surface area (Å²) in [5.41, 5.74) is 1.88. The number of thioether (sulfide) groups is 1. The van der Waals surface area contributed by atoms with Crippen molar-refractivity contribution in [2.24, 2.45) is 5.92 Å². The maximum absolute atomic E-state index is 13.2. The molecule has 5 rings (SSSR count). The molecule has 2 amide bonds. The molecule has 0 atom stereocenters. The summed E-state index contributed by atoms with van der Waals surface area (Å²) in [4.78, 5) is 27.9. The van der Waals surface area contributed by atoms with Gasteiger partial charge in [0.25, 0.3) is 11.1 Å². The van der Waals surface area contributed by atoms with E-state index in [-0.39, 0.29) is 11.1 Å². The quantitative estimate of drug-likeness (QED) is 0.302. The fourth-order valence-electron chi connectivity index (χ4n) is 4.71. The van der Waals surface area contributed by atoms with E-state index in [1.54, 1.807) is 0 Å². The van der Waals surface area contributed by atoms with Gasteiger partial charge in [-0.1, -0.05) is 77.7 Å². The molecule has 2 fully saturated rings. The highest BCUT2D eigenvalue weighted by Crippen LogP contribution is 2.38. The highest BCUT2D eigenvalue weighted by Gasteiger charge is 2.36. The molecule has 6 heteroatoms. The van der Waals surface area contributed by atoms with Crippen LogP contribution in [0.5, 0.6) is 5.75 Å². The molecule has 0 N–H and O–H groups in total. The molecule has 0 bridgehead atoms. The summed E-state index contributed by atoms with van der Waals surface area (Å²) in [5.74, 6) is 0.928. The summed E-state index contributed by atoms with van der Waals surface area (Å²) in [6.07, 6.45) is 7.65. The summed E-state index contributed by atoms with van der Waals surface area (Å²) in [7, 11) is 0. The maximum Gasteiger partial charge on any atom is 0.293 e. The first-order chi connectivity index (χ1) is 16.6. The largest absolute Gasteiger partial charge is 0.488 e. The number of nitrogens with zero attached hydrogens (tertiary/aromatic N) is 1. The van der Waals surface area contributed by atoms with Crippen LogP contribution in [0.3, 0.4) is 0 Å². The Balaban J connectivity index is 1.44. The zero-order valence-electron chi connectivity index (χ0n) is 18.8. The second-order valence-electron chi connectivity index (χ2n) is 8.91. The van der Waals surface area contributed by atoms with Crippen molar-refractivity contribution in [3.63, 3.8) is 0 Å². The maximum atomic E-state index is 13.2. The Morgan fingerprint density at radius 1 is 0.971 bits per heavy atom. The third-order valence-electron chi connectivity index (χ3n) is 6.55. The van der Waals surface area contributed by atoms with Gasteiger partial charge in [0, 0.05) is 16.6 Å². The average Bonchev–Trinajstić information content (AvgIpc) is 3.12. The smallest absolute Gasteiger partial charge is 0.293 e. The number of hydrogen-bond acceptors (Lipinski definition) is 4. The first-order valence-electron chi connectivity index (χ1n) is 11.7. The van der Waals surface area contributed by atoms with Gasteiger partial charge >= 0.3 is 0 Å². The fourth-order valence-corrected chi connectivity index (χ4v) is 5.80. The van der Waals surface area contributed by atoms with Gasteiger partial charge in [-0.05, 0) is 71.1 Å². The minimum absolute atomic E-state index is 0.167. The van der Waals surface area contributed by atoms with Gasteiger partial charge in [0.05, 0.1) is 4.91 Å². The van der Waals surface area contributed by atoms with Gasteiger partial charge in [-0.25, -0.2) is 0 Å². The number of imide groups is 1. The highest BCUT2D eigenvalue weighted by molar-refractivity contribution is 9.10. The summed E-state index contributed by atoms with van der Waals surface area (Å²) >= 11 is 4.50. The molecule has 1 saturated carbocycles. The van der Waals surface area contributed by atoms with Gasteiger partial charge < -0.3 is 4.74 Å². The Kier molecular flexibility index (Phi) is 7.07. The number of carbonyl (C=O) groups excluding carboxylic acids is 2. The van der Waals surface area contributed by atoms with Crippen LogP contribution < -0.4 is 4.74 Å². The Labute approximate surface area is 212 Å². The molecule has 0 unspecified atom stereocenters. The summed E-state index contributed by atoms with van der Waals surface area (Å²) in [6.45, 7) is 0.945. The molecule has 1 aliphatic carbocycles. The third kappa shape index (κ3) is 5.08. The zero-order valence-corrected chi connectivity index (χ0v) is 21.2. The number of rotatable bonds is 6. The van der Waals surface area contributed by atoms with E-state index in [1.807, 2.05) is 66.7 Å². The van der Waals surface area contributed by atoms with E-state index in [4.69, 9.17) is 4.74 Å². The van der Waals surface area contributed by atoms with Crippen LogP contribution in [0, 0.1) is 5.92 Å². The van der Waals surface area contributed by atoms with E-state index in [9.17, 15) is 9.59 Å². The van der Waals surface area contributed by atoms with E-state index in [2.05, 4.69) is 15.9 Å². The van der Waals surface area contributed by atoms with Crippen molar-refractivity contribution in [3.05, 3.63) is 81.2 Å². The van der Waals surface area contributed by atoms with Crippen molar-refractivity contribution in [1.82, 2.24) is 4.90 Å². The van der Waals surface area contributed by atoms with Crippen LogP contribution in [0.2, 0.25) is 0 Å². The Bertz CT molecular complexity index is 1250. The third-order valence-corrected chi connectivity index (χ3v) is 7.99. The lowest BCUT2D eigenvalue weighted by Gasteiger charge is -2.25.